The Balaban J connectivity index is -0.000000245. The van der Waals surface area contributed by atoms with Gasteiger partial charge in [-0.25, -0.2) is 8.42 Å². The van der Waals surface area contributed by atoms with E-state index in [9.17, 15) is 8.42 Å². The first-order chi connectivity index (χ1) is 3.25. The standard InChI is InChI=1S/C3H10O3SSi.Na.H/c1-8(2,3)7(4,5)6;;/h1-3H3,(H,4,5,6);;/q;+1;-1. The summed E-state index contributed by atoms with van der Waals surface area (Å²) >= 11 is 0. The zero-order valence-electron chi connectivity index (χ0n) is 7.17. The van der Waals surface area contributed by atoms with E-state index in [0.29, 0.717) is 0 Å². The van der Waals surface area contributed by atoms with Crippen LogP contribution in [0.15, 0.2) is 0 Å². The molecule has 0 aromatic heterocycles. The normalized spacial score (nSPS) is 12.4. The van der Waals surface area contributed by atoms with Gasteiger partial charge in [-0.15, -0.1) is 0 Å². The summed E-state index contributed by atoms with van der Waals surface area (Å²) in [5, 5.41) is 0. The van der Waals surface area contributed by atoms with Gasteiger partial charge in [0.15, 0.2) is 0 Å². The van der Waals surface area contributed by atoms with Gasteiger partial charge >= 0.3 is 29.6 Å². The second-order valence-corrected chi connectivity index (χ2v) is 13.0. The average molecular weight is 178 g/mol. The number of hydrogen-bond acceptors (Lipinski definition) is 2. The second kappa shape index (κ2) is 3.50. The minimum Gasteiger partial charge on any atom is -1.00 e. The third kappa shape index (κ3) is 4.52. The van der Waals surface area contributed by atoms with Gasteiger partial charge in [0.2, 0.25) is 16.8 Å². The molecular formula is C3H11NaO3SSi. The summed E-state index contributed by atoms with van der Waals surface area (Å²) in [6.45, 7) is 4.72. The van der Waals surface area contributed by atoms with Crippen LogP contribution in [0, 0.1) is 0 Å². The summed E-state index contributed by atoms with van der Waals surface area (Å²) in [5.74, 6) is 0. The Kier molecular flexibility index (Phi) is 4.96. The summed E-state index contributed by atoms with van der Waals surface area (Å²) in [5.41, 5.74) is 0. The van der Waals surface area contributed by atoms with E-state index in [0.717, 1.165) is 0 Å². The van der Waals surface area contributed by atoms with Crippen molar-refractivity contribution in [2.75, 3.05) is 0 Å². The fourth-order valence-corrected chi connectivity index (χ4v) is 0. The Morgan fingerprint density at radius 2 is 1.44 bits per heavy atom. The molecule has 1 N–H and O–H groups in total. The minimum absolute atomic E-state index is 0. The molecule has 0 aliphatic rings. The zero-order chi connectivity index (χ0) is 7.00. The first-order valence-corrected chi connectivity index (χ1v) is 7.88. The van der Waals surface area contributed by atoms with Gasteiger partial charge < -0.3 is 1.43 Å². The Hall–Kier alpha value is 1.13. The molecule has 0 radical (unpaired) electrons. The summed E-state index contributed by atoms with van der Waals surface area (Å²) in [7, 11) is -6.03. The fraction of sp³-hybridized carbons (Fsp3) is 1.00. The van der Waals surface area contributed by atoms with Gasteiger partial charge in [0, 0.05) is 0 Å². The van der Waals surface area contributed by atoms with Crippen molar-refractivity contribution in [3.8, 4) is 0 Å². The van der Waals surface area contributed by atoms with Crippen LogP contribution in [0.25, 0.3) is 0 Å². The van der Waals surface area contributed by atoms with E-state index in [-0.39, 0.29) is 31.0 Å². The van der Waals surface area contributed by atoms with Crippen LogP contribution in [-0.4, -0.2) is 20.2 Å². The molecule has 0 aliphatic heterocycles. The van der Waals surface area contributed by atoms with Gasteiger partial charge in [0.25, 0.3) is 0 Å². The maximum Gasteiger partial charge on any atom is 1.00 e. The van der Waals surface area contributed by atoms with Crippen molar-refractivity contribution < 1.29 is 44.0 Å². The Morgan fingerprint density at radius 1 is 1.33 bits per heavy atom. The van der Waals surface area contributed by atoms with Crippen LogP contribution in [0.5, 0.6) is 0 Å². The third-order valence-electron chi connectivity index (χ3n) is 0.774. The molecule has 0 aliphatic carbocycles. The molecule has 0 bridgehead atoms. The smallest absolute Gasteiger partial charge is 1.00 e. The molecule has 9 heavy (non-hydrogen) atoms. The maximum absolute atomic E-state index is 10.3. The van der Waals surface area contributed by atoms with Crippen LogP contribution in [0.1, 0.15) is 1.43 Å². The maximum atomic E-state index is 10.3. The van der Waals surface area contributed by atoms with E-state index in [1.807, 2.05) is 0 Å². The van der Waals surface area contributed by atoms with E-state index >= 15 is 0 Å². The number of rotatable bonds is 1. The van der Waals surface area contributed by atoms with Crippen LogP contribution in [0.3, 0.4) is 0 Å². The van der Waals surface area contributed by atoms with Crippen LogP contribution >= 0.6 is 0 Å². The molecular weight excluding hydrogens is 167 g/mol. The molecule has 0 saturated heterocycles. The van der Waals surface area contributed by atoms with Gasteiger partial charge in [-0.05, 0) is 0 Å². The van der Waals surface area contributed by atoms with Crippen LogP contribution in [0.2, 0.25) is 19.6 Å². The molecule has 0 aromatic carbocycles. The molecule has 0 amide bonds. The van der Waals surface area contributed by atoms with Crippen molar-refractivity contribution in [2.45, 2.75) is 19.6 Å². The summed E-state index contributed by atoms with van der Waals surface area (Å²) in [4.78, 5) is 0. The molecule has 0 aromatic rings. The monoisotopic (exact) mass is 178 g/mol. The quantitative estimate of drug-likeness (QED) is 0.367. The largest absolute Gasteiger partial charge is 1.00 e. The van der Waals surface area contributed by atoms with Gasteiger partial charge in [-0.3, -0.25) is 4.55 Å². The minimum atomic E-state index is -3.70. The predicted octanol–water partition coefficient (Wildman–Crippen LogP) is -2.17. The predicted molar refractivity (Wildman–Crippen MR) is 36.0 cm³/mol. The molecule has 3 nitrogen and oxygen atoms in total. The molecule has 0 atom stereocenters. The summed E-state index contributed by atoms with van der Waals surface area (Å²) < 4.78 is 28.9. The van der Waals surface area contributed by atoms with Crippen LogP contribution in [-0.2, 0) is 9.57 Å². The first-order valence-electron chi connectivity index (χ1n) is 2.22. The first kappa shape index (κ1) is 12.8. The van der Waals surface area contributed by atoms with Gasteiger partial charge in [0.1, 0.15) is 0 Å². The molecule has 0 spiro atoms. The van der Waals surface area contributed by atoms with E-state index < -0.39 is 16.8 Å². The van der Waals surface area contributed by atoms with Crippen molar-refractivity contribution in [3.63, 3.8) is 0 Å². The molecule has 0 unspecified atom stereocenters. The molecule has 0 heterocycles. The molecule has 0 fully saturated rings. The van der Waals surface area contributed by atoms with Crippen molar-refractivity contribution in [1.29, 1.82) is 0 Å². The van der Waals surface area contributed by atoms with Crippen LogP contribution < -0.4 is 29.6 Å². The van der Waals surface area contributed by atoms with E-state index in [2.05, 4.69) is 0 Å². The van der Waals surface area contributed by atoms with Gasteiger partial charge in [0.05, 0.1) is 0 Å². The van der Waals surface area contributed by atoms with E-state index in [1.165, 1.54) is 0 Å². The molecule has 6 heteroatoms. The second-order valence-electron chi connectivity index (χ2n) is 2.59. The van der Waals surface area contributed by atoms with E-state index in [1.54, 1.807) is 19.6 Å². The number of hydrogen-bond donors (Lipinski definition) is 1. The van der Waals surface area contributed by atoms with Crippen molar-refractivity contribution in [2.24, 2.45) is 0 Å². The molecule has 0 saturated carbocycles. The molecule has 0 rings (SSSR count). The average Bonchev–Trinajstić information content (AvgIpc) is 1.25. The summed E-state index contributed by atoms with van der Waals surface area (Å²) in [6, 6.07) is 0. The Morgan fingerprint density at radius 3 is 1.44 bits per heavy atom. The zero-order valence-corrected chi connectivity index (χ0v) is 9.99. The van der Waals surface area contributed by atoms with Crippen LogP contribution in [0.4, 0.5) is 0 Å². The Bertz CT molecular complexity index is 173. The van der Waals surface area contributed by atoms with Crippen molar-refractivity contribution in [3.05, 3.63) is 0 Å². The van der Waals surface area contributed by atoms with Crippen molar-refractivity contribution in [1.82, 2.24) is 0 Å². The van der Waals surface area contributed by atoms with Gasteiger partial charge in [-0.2, -0.15) is 0 Å². The third-order valence-corrected chi connectivity index (χ3v) is 6.96. The Labute approximate surface area is 80.0 Å². The topological polar surface area (TPSA) is 54.4 Å². The van der Waals surface area contributed by atoms with Crippen molar-refractivity contribution >= 4 is 16.8 Å². The SMILES string of the molecule is C[Si](C)(C)S(=O)(=O)O.[H-].[Na+]. The fourth-order valence-electron chi connectivity index (χ4n) is 0. The molecule has 52 valence electrons. The summed E-state index contributed by atoms with van der Waals surface area (Å²) in [6.07, 6.45) is 0. The van der Waals surface area contributed by atoms with Gasteiger partial charge in [-0.1, -0.05) is 19.6 Å². The van der Waals surface area contributed by atoms with E-state index in [4.69, 9.17) is 4.55 Å².